The van der Waals surface area contributed by atoms with Crippen LogP contribution < -0.4 is 10.6 Å². The van der Waals surface area contributed by atoms with Crippen LogP contribution in [0, 0.1) is 0 Å². The van der Waals surface area contributed by atoms with Crippen molar-refractivity contribution in [3.63, 3.8) is 0 Å². The van der Waals surface area contributed by atoms with E-state index >= 15 is 0 Å². The topological polar surface area (TPSA) is 62.2 Å². The van der Waals surface area contributed by atoms with Crippen LogP contribution in [0.1, 0.15) is 43.3 Å². The maximum absolute atomic E-state index is 12.7. The second kappa shape index (κ2) is 11.2. The molecular formula is C20H28Cl3N5O. The van der Waals surface area contributed by atoms with Gasteiger partial charge in [-0.25, -0.2) is 4.68 Å². The molecule has 2 N–H and O–H groups in total. The van der Waals surface area contributed by atoms with E-state index in [1.54, 1.807) is 6.20 Å². The van der Waals surface area contributed by atoms with Gasteiger partial charge in [-0.3, -0.25) is 9.69 Å². The Bertz CT molecular complexity index is 794. The number of halogens is 3. The number of aromatic nitrogens is 2. The highest BCUT2D eigenvalue weighted by Crippen LogP contribution is 2.31. The summed E-state index contributed by atoms with van der Waals surface area (Å²) >= 11 is 6.16. The molecule has 1 saturated carbocycles. The van der Waals surface area contributed by atoms with Crippen LogP contribution in [0.25, 0.3) is 0 Å². The molecule has 29 heavy (non-hydrogen) atoms. The van der Waals surface area contributed by atoms with E-state index in [4.69, 9.17) is 11.6 Å². The van der Waals surface area contributed by atoms with Crippen LogP contribution in [-0.2, 0) is 4.79 Å². The predicted molar refractivity (Wildman–Crippen MR) is 121 cm³/mol. The molecule has 9 heteroatoms. The van der Waals surface area contributed by atoms with E-state index in [-0.39, 0.29) is 36.8 Å². The monoisotopic (exact) mass is 459 g/mol. The van der Waals surface area contributed by atoms with Gasteiger partial charge in [-0.05, 0) is 30.5 Å². The van der Waals surface area contributed by atoms with Crippen molar-refractivity contribution in [3.05, 3.63) is 47.1 Å². The summed E-state index contributed by atoms with van der Waals surface area (Å²) in [5.74, 6) is 0.810. The Hall–Kier alpha value is -1.31. The summed E-state index contributed by atoms with van der Waals surface area (Å²) in [4.78, 5) is 15.0. The summed E-state index contributed by atoms with van der Waals surface area (Å²) in [6.45, 7) is 2.87. The summed E-state index contributed by atoms with van der Waals surface area (Å²) in [7, 11) is 0. The van der Waals surface area contributed by atoms with Gasteiger partial charge in [0.15, 0.2) is 0 Å². The number of benzene rings is 1. The Kier molecular flexibility index (Phi) is 9.24. The molecule has 1 aliphatic carbocycles. The fourth-order valence-corrected chi connectivity index (χ4v) is 4.40. The molecule has 1 aliphatic heterocycles. The van der Waals surface area contributed by atoms with Crippen molar-refractivity contribution in [1.29, 1.82) is 0 Å². The number of nitrogens with zero attached hydrogens (tertiary/aromatic N) is 3. The van der Waals surface area contributed by atoms with Gasteiger partial charge in [-0.15, -0.1) is 24.8 Å². The first-order valence-electron chi connectivity index (χ1n) is 9.74. The van der Waals surface area contributed by atoms with Crippen molar-refractivity contribution >= 4 is 48.1 Å². The minimum absolute atomic E-state index is 0. The van der Waals surface area contributed by atoms with E-state index in [2.05, 4.69) is 26.7 Å². The zero-order valence-corrected chi connectivity index (χ0v) is 18.6. The third-order valence-corrected chi connectivity index (χ3v) is 5.78. The molecule has 0 bridgehead atoms. The van der Waals surface area contributed by atoms with Gasteiger partial charge in [0, 0.05) is 36.8 Å². The Morgan fingerprint density at radius 1 is 1.24 bits per heavy atom. The van der Waals surface area contributed by atoms with E-state index in [0.717, 1.165) is 48.9 Å². The number of hydrogen-bond donors (Lipinski definition) is 2. The number of piperazine rings is 1. The van der Waals surface area contributed by atoms with E-state index in [1.165, 1.54) is 12.8 Å². The Morgan fingerprint density at radius 2 is 2.03 bits per heavy atom. The minimum atomic E-state index is 0. The molecule has 1 amide bonds. The van der Waals surface area contributed by atoms with Crippen molar-refractivity contribution in [2.45, 2.75) is 37.8 Å². The van der Waals surface area contributed by atoms with Gasteiger partial charge in [0.1, 0.15) is 5.82 Å². The molecule has 1 unspecified atom stereocenters. The fraction of sp³-hybridized carbons (Fsp3) is 0.500. The summed E-state index contributed by atoms with van der Waals surface area (Å²) < 4.78 is 1.98. The molecule has 2 aromatic rings. The number of hydrogen-bond acceptors (Lipinski definition) is 4. The first-order chi connectivity index (χ1) is 13.2. The molecule has 160 valence electrons. The van der Waals surface area contributed by atoms with Crippen molar-refractivity contribution in [3.8, 4) is 0 Å². The first kappa shape index (κ1) is 24.0. The SMILES string of the molecule is Cl.Cl.O=C(CN1CCNCC1c1cccc(Cl)c1)Nc1ccnn1C1CCCC1. The maximum atomic E-state index is 12.7. The Balaban J connectivity index is 0.00000150. The average Bonchev–Trinajstić information content (AvgIpc) is 3.33. The quantitative estimate of drug-likeness (QED) is 0.706. The van der Waals surface area contributed by atoms with Crippen LogP contribution >= 0.6 is 36.4 Å². The third kappa shape index (κ3) is 5.86. The van der Waals surface area contributed by atoms with Gasteiger partial charge in [0.05, 0.1) is 18.8 Å². The molecule has 6 nitrogen and oxygen atoms in total. The van der Waals surface area contributed by atoms with Crippen LogP contribution in [0.3, 0.4) is 0 Å². The van der Waals surface area contributed by atoms with Crippen LogP contribution in [0.15, 0.2) is 36.5 Å². The van der Waals surface area contributed by atoms with Gasteiger partial charge >= 0.3 is 0 Å². The number of amides is 1. The minimum Gasteiger partial charge on any atom is -0.314 e. The molecule has 0 spiro atoms. The molecule has 2 fully saturated rings. The van der Waals surface area contributed by atoms with Crippen LogP contribution in [-0.4, -0.2) is 46.8 Å². The number of nitrogens with one attached hydrogen (secondary N) is 2. The van der Waals surface area contributed by atoms with E-state index < -0.39 is 0 Å². The zero-order chi connectivity index (χ0) is 18.6. The lowest BCUT2D eigenvalue weighted by Crippen LogP contribution is -2.48. The van der Waals surface area contributed by atoms with Crippen molar-refractivity contribution in [1.82, 2.24) is 20.0 Å². The summed E-state index contributed by atoms with van der Waals surface area (Å²) in [6.07, 6.45) is 6.52. The standard InChI is InChI=1S/C20H26ClN5O.2ClH/c21-16-5-3-4-15(12-16)18-13-22-10-11-25(18)14-20(27)24-19-8-9-23-26(19)17-6-1-2-7-17;;/h3-5,8-9,12,17-18,22H,1-2,6-7,10-11,13-14H2,(H,24,27);2*1H. The van der Waals surface area contributed by atoms with Crippen molar-refractivity contribution in [2.75, 3.05) is 31.5 Å². The van der Waals surface area contributed by atoms with Gasteiger partial charge < -0.3 is 10.6 Å². The van der Waals surface area contributed by atoms with Crippen molar-refractivity contribution in [2.24, 2.45) is 0 Å². The van der Waals surface area contributed by atoms with Crippen molar-refractivity contribution < 1.29 is 4.79 Å². The lowest BCUT2D eigenvalue weighted by atomic mass is 10.0. The Morgan fingerprint density at radius 3 is 2.79 bits per heavy atom. The summed E-state index contributed by atoms with van der Waals surface area (Å²) in [5, 5.41) is 11.6. The number of rotatable bonds is 5. The lowest BCUT2D eigenvalue weighted by Gasteiger charge is -2.36. The van der Waals surface area contributed by atoms with Gasteiger partial charge in [0.25, 0.3) is 0 Å². The lowest BCUT2D eigenvalue weighted by molar-refractivity contribution is -0.118. The molecule has 0 radical (unpaired) electrons. The Labute approximate surface area is 189 Å². The molecule has 2 heterocycles. The second-order valence-corrected chi connectivity index (χ2v) is 7.83. The average molecular weight is 461 g/mol. The van der Waals surface area contributed by atoms with E-state index in [9.17, 15) is 4.79 Å². The highest BCUT2D eigenvalue weighted by Gasteiger charge is 2.26. The molecule has 1 saturated heterocycles. The molecular weight excluding hydrogens is 433 g/mol. The molecule has 4 rings (SSSR count). The number of anilines is 1. The third-order valence-electron chi connectivity index (χ3n) is 5.54. The number of carbonyl (C=O) groups is 1. The second-order valence-electron chi connectivity index (χ2n) is 7.39. The summed E-state index contributed by atoms with van der Waals surface area (Å²) in [6, 6.07) is 10.3. The molecule has 1 aromatic carbocycles. The van der Waals surface area contributed by atoms with Crippen LogP contribution in [0.5, 0.6) is 0 Å². The highest BCUT2D eigenvalue weighted by molar-refractivity contribution is 6.30. The van der Waals surface area contributed by atoms with Crippen LogP contribution in [0.4, 0.5) is 5.82 Å². The van der Waals surface area contributed by atoms with E-state index in [0.29, 0.717) is 12.6 Å². The maximum Gasteiger partial charge on any atom is 0.239 e. The largest absolute Gasteiger partial charge is 0.314 e. The number of carbonyl (C=O) groups excluding carboxylic acids is 1. The highest BCUT2D eigenvalue weighted by atomic mass is 35.5. The predicted octanol–water partition coefficient (Wildman–Crippen LogP) is 4.08. The molecule has 1 atom stereocenters. The van der Waals surface area contributed by atoms with Gasteiger partial charge in [-0.2, -0.15) is 5.10 Å². The van der Waals surface area contributed by atoms with E-state index in [1.807, 2.05) is 28.9 Å². The van der Waals surface area contributed by atoms with Gasteiger partial charge in [0.2, 0.25) is 5.91 Å². The van der Waals surface area contributed by atoms with Gasteiger partial charge in [-0.1, -0.05) is 36.6 Å². The smallest absolute Gasteiger partial charge is 0.239 e. The fourth-order valence-electron chi connectivity index (χ4n) is 4.20. The molecule has 2 aliphatic rings. The summed E-state index contributed by atoms with van der Waals surface area (Å²) in [5.41, 5.74) is 1.14. The zero-order valence-electron chi connectivity index (χ0n) is 16.2. The normalized spacial score (nSPS) is 20.0. The van der Waals surface area contributed by atoms with Crippen LogP contribution in [0.2, 0.25) is 5.02 Å². The first-order valence-corrected chi connectivity index (χ1v) is 10.1. The molecule has 1 aromatic heterocycles.